The topological polar surface area (TPSA) is 83.3 Å². The maximum Gasteiger partial charge on any atom is 0.223 e. The zero-order valence-electron chi connectivity index (χ0n) is 11.9. The summed E-state index contributed by atoms with van der Waals surface area (Å²) in [6.45, 7) is 1.61. The Morgan fingerprint density at radius 2 is 2.15 bits per heavy atom. The van der Waals surface area contributed by atoms with Gasteiger partial charge in [0.2, 0.25) is 5.91 Å². The number of hydrogen-bond acceptors (Lipinski definition) is 4. The minimum Gasteiger partial charge on any atom is -0.467 e. The van der Waals surface area contributed by atoms with E-state index in [-0.39, 0.29) is 5.91 Å². The first-order valence-electron chi connectivity index (χ1n) is 7.15. The number of carbonyl (C=O) groups is 1. The first-order chi connectivity index (χ1) is 9.77. The summed E-state index contributed by atoms with van der Waals surface area (Å²) >= 11 is 0. The van der Waals surface area contributed by atoms with Crippen LogP contribution >= 0.6 is 0 Å². The molecule has 0 unspecified atom stereocenters. The van der Waals surface area contributed by atoms with Crippen LogP contribution in [0.1, 0.15) is 44.3 Å². The maximum absolute atomic E-state index is 12.2. The largest absolute Gasteiger partial charge is 0.467 e. The number of hydrogen-bond donors (Lipinski definition) is 1. The van der Waals surface area contributed by atoms with Crippen molar-refractivity contribution in [1.29, 1.82) is 5.26 Å². The molecule has 0 atom stereocenters. The molecule has 20 heavy (non-hydrogen) atoms. The van der Waals surface area contributed by atoms with Gasteiger partial charge in [-0.05, 0) is 31.5 Å². The lowest BCUT2D eigenvalue weighted by Crippen LogP contribution is -2.31. The zero-order valence-corrected chi connectivity index (χ0v) is 11.9. The third-order valence-electron chi connectivity index (χ3n) is 3.12. The Kier molecular flexibility index (Phi) is 8.16. The minimum atomic E-state index is 0.0874. The van der Waals surface area contributed by atoms with Crippen molar-refractivity contribution in [3.63, 3.8) is 0 Å². The summed E-state index contributed by atoms with van der Waals surface area (Å²) in [5.41, 5.74) is 5.43. The van der Waals surface area contributed by atoms with Crippen LogP contribution in [0, 0.1) is 11.3 Å². The lowest BCUT2D eigenvalue weighted by atomic mass is 10.1. The summed E-state index contributed by atoms with van der Waals surface area (Å²) in [5, 5.41) is 8.67. The molecular formula is C15H23N3O2. The molecule has 0 saturated heterocycles. The maximum atomic E-state index is 12.2. The number of unbranched alkanes of at least 4 members (excludes halogenated alkanes) is 3. The van der Waals surface area contributed by atoms with Crippen molar-refractivity contribution in [3.8, 4) is 6.07 Å². The van der Waals surface area contributed by atoms with Gasteiger partial charge in [-0.1, -0.05) is 12.8 Å². The number of nitriles is 1. The van der Waals surface area contributed by atoms with E-state index in [2.05, 4.69) is 6.07 Å². The Bertz CT molecular complexity index is 409. The van der Waals surface area contributed by atoms with Crippen LogP contribution in [-0.2, 0) is 11.3 Å². The minimum absolute atomic E-state index is 0.0874. The molecule has 2 N–H and O–H groups in total. The molecule has 110 valence electrons. The standard InChI is InChI=1S/C15H23N3O2/c16-9-4-2-1-3-8-15(19)18(11-6-10-17)13-14-7-5-12-20-14/h5,7,12H,1-4,6,8-9,11,13,16H2. The molecule has 0 fully saturated rings. The lowest BCUT2D eigenvalue weighted by molar-refractivity contribution is -0.132. The van der Waals surface area contributed by atoms with Gasteiger partial charge in [-0.3, -0.25) is 4.79 Å². The van der Waals surface area contributed by atoms with Crippen molar-refractivity contribution in [1.82, 2.24) is 4.90 Å². The number of nitrogens with zero attached hydrogens (tertiary/aromatic N) is 2. The van der Waals surface area contributed by atoms with Crippen LogP contribution in [0.5, 0.6) is 0 Å². The number of nitrogens with two attached hydrogens (primary N) is 1. The second kappa shape index (κ2) is 10.0. The van der Waals surface area contributed by atoms with Gasteiger partial charge in [-0.15, -0.1) is 0 Å². The molecule has 1 rings (SSSR count). The molecule has 1 aromatic heterocycles. The molecule has 0 aliphatic heterocycles. The van der Waals surface area contributed by atoms with Crippen LogP contribution in [0.3, 0.4) is 0 Å². The van der Waals surface area contributed by atoms with Gasteiger partial charge < -0.3 is 15.1 Å². The monoisotopic (exact) mass is 277 g/mol. The fraction of sp³-hybridized carbons (Fsp3) is 0.600. The van der Waals surface area contributed by atoms with Gasteiger partial charge in [0.1, 0.15) is 5.76 Å². The highest BCUT2D eigenvalue weighted by atomic mass is 16.3. The second-order valence-corrected chi connectivity index (χ2v) is 4.76. The van der Waals surface area contributed by atoms with Crippen molar-refractivity contribution < 1.29 is 9.21 Å². The highest BCUT2D eigenvalue weighted by Gasteiger charge is 2.14. The summed E-state index contributed by atoms with van der Waals surface area (Å²) < 4.78 is 5.26. The van der Waals surface area contributed by atoms with Gasteiger partial charge in [0, 0.05) is 13.0 Å². The Labute approximate surface area is 120 Å². The van der Waals surface area contributed by atoms with E-state index >= 15 is 0 Å². The van der Waals surface area contributed by atoms with Crippen LogP contribution in [0.4, 0.5) is 0 Å². The summed E-state index contributed by atoms with van der Waals surface area (Å²) in [6, 6.07) is 5.72. The van der Waals surface area contributed by atoms with E-state index in [0.717, 1.165) is 31.4 Å². The second-order valence-electron chi connectivity index (χ2n) is 4.76. The average Bonchev–Trinajstić information content (AvgIpc) is 2.96. The lowest BCUT2D eigenvalue weighted by Gasteiger charge is -2.20. The third-order valence-corrected chi connectivity index (χ3v) is 3.12. The molecule has 0 aromatic carbocycles. The Balaban J connectivity index is 2.37. The molecule has 1 amide bonds. The number of carbonyl (C=O) groups excluding carboxylic acids is 1. The van der Waals surface area contributed by atoms with E-state index in [1.54, 1.807) is 17.2 Å². The number of furan rings is 1. The molecule has 1 heterocycles. The summed E-state index contributed by atoms with van der Waals surface area (Å²) in [7, 11) is 0. The van der Waals surface area contributed by atoms with E-state index in [1.807, 2.05) is 6.07 Å². The van der Waals surface area contributed by atoms with Crippen molar-refractivity contribution in [2.24, 2.45) is 5.73 Å². The van der Waals surface area contributed by atoms with Gasteiger partial charge in [-0.2, -0.15) is 5.26 Å². The molecule has 1 aromatic rings. The van der Waals surface area contributed by atoms with E-state index in [1.165, 1.54) is 0 Å². The van der Waals surface area contributed by atoms with Crippen molar-refractivity contribution >= 4 is 5.91 Å². The summed E-state index contributed by atoms with van der Waals surface area (Å²) in [5.74, 6) is 0.837. The van der Waals surface area contributed by atoms with Crippen LogP contribution in [0.25, 0.3) is 0 Å². The molecule has 0 spiro atoms. The van der Waals surface area contributed by atoms with Crippen LogP contribution < -0.4 is 5.73 Å². The Hall–Kier alpha value is -1.80. The van der Waals surface area contributed by atoms with Gasteiger partial charge in [-0.25, -0.2) is 0 Å². The van der Waals surface area contributed by atoms with E-state index in [0.29, 0.717) is 32.5 Å². The fourth-order valence-electron chi connectivity index (χ4n) is 2.00. The molecule has 0 saturated carbocycles. The predicted octanol–water partition coefficient (Wildman–Crippen LogP) is 2.43. The third kappa shape index (κ3) is 6.39. The zero-order chi connectivity index (χ0) is 14.6. The van der Waals surface area contributed by atoms with Gasteiger partial charge in [0.15, 0.2) is 0 Å². The normalized spacial score (nSPS) is 10.2. The van der Waals surface area contributed by atoms with Crippen LogP contribution in [0.15, 0.2) is 22.8 Å². The van der Waals surface area contributed by atoms with E-state index in [4.69, 9.17) is 15.4 Å². The molecule has 0 bridgehead atoms. The van der Waals surface area contributed by atoms with Gasteiger partial charge in [0.05, 0.1) is 25.3 Å². The van der Waals surface area contributed by atoms with Crippen molar-refractivity contribution in [2.45, 2.75) is 45.1 Å². The van der Waals surface area contributed by atoms with Crippen LogP contribution in [-0.4, -0.2) is 23.9 Å². The Morgan fingerprint density at radius 1 is 1.35 bits per heavy atom. The van der Waals surface area contributed by atoms with Gasteiger partial charge >= 0.3 is 0 Å². The first kappa shape index (κ1) is 16.3. The summed E-state index contributed by atoms with van der Waals surface area (Å²) in [6.07, 6.45) is 6.44. The molecule has 0 radical (unpaired) electrons. The quantitative estimate of drug-likeness (QED) is 0.666. The molecule has 0 aliphatic rings. The number of amides is 1. The van der Waals surface area contributed by atoms with Crippen molar-refractivity contribution in [2.75, 3.05) is 13.1 Å². The SMILES string of the molecule is N#CCCN(Cc1ccco1)C(=O)CCCCCCN. The first-order valence-corrected chi connectivity index (χ1v) is 7.15. The molecule has 0 aliphatic carbocycles. The van der Waals surface area contributed by atoms with Gasteiger partial charge in [0.25, 0.3) is 0 Å². The van der Waals surface area contributed by atoms with E-state index in [9.17, 15) is 4.79 Å². The van der Waals surface area contributed by atoms with Crippen LogP contribution in [0.2, 0.25) is 0 Å². The van der Waals surface area contributed by atoms with E-state index < -0.39 is 0 Å². The smallest absolute Gasteiger partial charge is 0.223 e. The molecule has 5 nitrogen and oxygen atoms in total. The summed E-state index contributed by atoms with van der Waals surface area (Å²) in [4.78, 5) is 13.9. The fourth-order valence-corrected chi connectivity index (χ4v) is 2.00. The molecule has 5 heteroatoms. The highest BCUT2D eigenvalue weighted by Crippen LogP contribution is 2.10. The molecular weight excluding hydrogens is 254 g/mol. The number of rotatable bonds is 10. The average molecular weight is 277 g/mol. The van der Waals surface area contributed by atoms with Crippen molar-refractivity contribution in [3.05, 3.63) is 24.2 Å². The highest BCUT2D eigenvalue weighted by molar-refractivity contribution is 5.76. The Morgan fingerprint density at radius 3 is 2.80 bits per heavy atom. The predicted molar refractivity (Wildman–Crippen MR) is 76.5 cm³/mol.